The maximum atomic E-state index is 10.9. The third-order valence-corrected chi connectivity index (χ3v) is 2.71. The summed E-state index contributed by atoms with van der Waals surface area (Å²) in [6.45, 7) is 3.63. The Morgan fingerprint density at radius 1 is 1.56 bits per heavy atom. The minimum atomic E-state index is -0.919. The predicted octanol–water partition coefficient (Wildman–Crippen LogP) is 2.06. The molecule has 1 aromatic carbocycles. The quantitative estimate of drug-likeness (QED) is 0.640. The summed E-state index contributed by atoms with van der Waals surface area (Å²) in [6, 6.07) is 4.79. The Kier molecular flexibility index (Phi) is 4.25. The molecule has 1 rings (SSSR count). The molecule has 0 aromatic heterocycles. The zero-order valence-electron chi connectivity index (χ0n) is 10.6. The molecule has 0 heterocycles. The Morgan fingerprint density at radius 2 is 2.17 bits per heavy atom. The van der Waals surface area contributed by atoms with E-state index in [0.717, 1.165) is 5.56 Å². The number of hydrogen-bond donors (Lipinski definition) is 1. The number of nitrogens with zero attached hydrogens (tertiary/aromatic N) is 2. The number of rotatable bonds is 5. The van der Waals surface area contributed by atoms with Crippen molar-refractivity contribution in [3.8, 4) is 0 Å². The monoisotopic (exact) mass is 252 g/mol. The second-order valence-corrected chi connectivity index (χ2v) is 4.37. The zero-order valence-corrected chi connectivity index (χ0v) is 10.6. The van der Waals surface area contributed by atoms with Crippen molar-refractivity contribution in [3.05, 3.63) is 33.9 Å². The minimum Gasteiger partial charge on any atom is -0.481 e. The van der Waals surface area contributed by atoms with Crippen molar-refractivity contribution in [2.24, 2.45) is 5.92 Å². The maximum absolute atomic E-state index is 10.9. The molecule has 0 aliphatic heterocycles. The number of hydrogen-bond acceptors (Lipinski definition) is 4. The van der Waals surface area contributed by atoms with Crippen molar-refractivity contribution in [3.63, 3.8) is 0 Å². The van der Waals surface area contributed by atoms with Crippen LogP contribution >= 0.6 is 0 Å². The van der Waals surface area contributed by atoms with Crippen LogP contribution in [0.5, 0.6) is 0 Å². The topological polar surface area (TPSA) is 83.7 Å². The lowest BCUT2D eigenvalue weighted by molar-refractivity contribution is -0.384. The van der Waals surface area contributed by atoms with Gasteiger partial charge in [-0.05, 0) is 18.6 Å². The van der Waals surface area contributed by atoms with Crippen LogP contribution in [0.2, 0.25) is 0 Å². The van der Waals surface area contributed by atoms with E-state index in [4.69, 9.17) is 5.11 Å². The van der Waals surface area contributed by atoms with Crippen LogP contribution in [0.1, 0.15) is 12.5 Å². The van der Waals surface area contributed by atoms with Gasteiger partial charge < -0.3 is 10.0 Å². The lowest BCUT2D eigenvalue weighted by Crippen LogP contribution is -2.28. The van der Waals surface area contributed by atoms with Gasteiger partial charge in [-0.15, -0.1) is 0 Å². The van der Waals surface area contributed by atoms with Gasteiger partial charge in [-0.1, -0.05) is 13.0 Å². The van der Waals surface area contributed by atoms with Crippen molar-refractivity contribution in [1.29, 1.82) is 0 Å². The van der Waals surface area contributed by atoms with E-state index in [9.17, 15) is 14.9 Å². The summed E-state index contributed by atoms with van der Waals surface area (Å²) in [7, 11) is 1.65. The molecule has 1 unspecified atom stereocenters. The second kappa shape index (κ2) is 5.48. The molecule has 0 saturated heterocycles. The van der Waals surface area contributed by atoms with Crippen molar-refractivity contribution in [2.75, 3.05) is 18.5 Å². The third kappa shape index (κ3) is 3.19. The Bertz CT molecular complexity index is 473. The van der Waals surface area contributed by atoms with Gasteiger partial charge in [0.15, 0.2) is 0 Å². The molecule has 0 radical (unpaired) electrons. The van der Waals surface area contributed by atoms with Crippen LogP contribution in [-0.2, 0) is 4.79 Å². The number of carboxylic acid groups (broad SMARTS) is 1. The van der Waals surface area contributed by atoms with Gasteiger partial charge in [-0.2, -0.15) is 0 Å². The summed E-state index contributed by atoms with van der Waals surface area (Å²) in [4.78, 5) is 22.9. The molecule has 0 spiro atoms. The smallest absolute Gasteiger partial charge is 0.308 e. The predicted molar refractivity (Wildman–Crippen MR) is 67.9 cm³/mol. The molecule has 18 heavy (non-hydrogen) atoms. The van der Waals surface area contributed by atoms with E-state index in [1.807, 2.05) is 6.92 Å². The first-order chi connectivity index (χ1) is 8.32. The van der Waals surface area contributed by atoms with E-state index in [0.29, 0.717) is 5.69 Å². The van der Waals surface area contributed by atoms with E-state index in [1.54, 1.807) is 31.0 Å². The number of benzene rings is 1. The molecule has 1 N–H and O–H groups in total. The summed E-state index contributed by atoms with van der Waals surface area (Å²) >= 11 is 0. The zero-order chi connectivity index (χ0) is 13.9. The van der Waals surface area contributed by atoms with Gasteiger partial charge in [0.2, 0.25) is 0 Å². The summed E-state index contributed by atoms with van der Waals surface area (Å²) in [5, 5.41) is 19.8. The first-order valence-electron chi connectivity index (χ1n) is 5.52. The summed E-state index contributed by atoms with van der Waals surface area (Å²) < 4.78 is 0. The van der Waals surface area contributed by atoms with Gasteiger partial charge in [0, 0.05) is 19.7 Å². The van der Waals surface area contributed by atoms with Crippen LogP contribution in [0, 0.1) is 23.0 Å². The molecule has 0 saturated carbocycles. The Balaban J connectivity index is 3.03. The highest BCUT2D eigenvalue weighted by Gasteiger charge is 2.20. The summed E-state index contributed by atoms with van der Waals surface area (Å²) in [6.07, 6.45) is 0. The number of carbonyl (C=O) groups is 1. The van der Waals surface area contributed by atoms with E-state index >= 15 is 0 Å². The lowest BCUT2D eigenvalue weighted by Gasteiger charge is -2.21. The number of aliphatic carboxylic acids is 1. The van der Waals surface area contributed by atoms with Gasteiger partial charge in [0.05, 0.1) is 10.8 Å². The average molecular weight is 252 g/mol. The highest BCUT2D eigenvalue weighted by atomic mass is 16.6. The molecule has 6 nitrogen and oxygen atoms in total. The molecule has 1 aromatic rings. The lowest BCUT2D eigenvalue weighted by atomic mass is 10.1. The van der Waals surface area contributed by atoms with E-state index in [1.165, 1.54) is 6.07 Å². The fourth-order valence-electron chi connectivity index (χ4n) is 1.68. The van der Waals surface area contributed by atoms with Crippen LogP contribution in [0.4, 0.5) is 11.4 Å². The van der Waals surface area contributed by atoms with Crippen LogP contribution in [0.15, 0.2) is 18.2 Å². The van der Waals surface area contributed by atoms with Crippen molar-refractivity contribution >= 4 is 17.3 Å². The van der Waals surface area contributed by atoms with E-state index in [-0.39, 0.29) is 12.2 Å². The van der Waals surface area contributed by atoms with E-state index < -0.39 is 16.8 Å². The largest absolute Gasteiger partial charge is 0.481 e. The number of nitro groups is 1. The van der Waals surface area contributed by atoms with E-state index in [2.05, 4.69) is 0 Å². The van der Waals surface area contributed by atoms with Gasteiger partial charge in [-0.3, -0.25) is 14.9 Å². The van der Waals surface area contributed by atoms with Crippen LogP contribution in [-0.4, -0.2) is 29.6 Å². The fourth-order valence-corrected chi connectivity index (χ4v) is 1.68. The first-order valence-corrected chi connectivity index (χ1v) is 5.52. The number of anilines is 1. The van der Waals surface area contributed by atoms with Gasteiger partial charge in [0.25, 0.3) is 5.69 Å². The van der Waals surface area contributed by atoms with Crippen LogP contribution in [0.25, 0.3) is 0 Å². The summed E-state index contributed by atoms with van der Waals surface area (Å²) in [5.74, 6) is -1.51. The van der Waals surface area contributed by atoms with Crippen molar-refractivity contribution in [2.45, 2.75) is 13.8 Å². The Labute approximate surface area is 105 Å². The second-order valence-electron chi connectivity index (χ2n) is 4.37. The minimum absolute atomic E-state index is 0.0133. The SMILES string of the molecule is Cc1ccc([N+](=O)[O-])c(N(C)CC(C)C(=O)O)c1. The van der Waals surface area contributed by atoms with Crippen molar-refractivity contribution < 1.29 is 14.8 Å². The molecule has 98 valence electrons. The molecule has 1 atom stereocenters. The van der Waals surface area contributed by atoms with Gasteiger partial charge in [-0.25, -0.2) is 0 Å². The molecular formula is C12H16N2O4. The maximum Gasteiger partial charge on any atom is 0.308 e. The normalized spacial score (nSPS) is 11.9. The molecule has 0 aliphatic rings. The van der Waals surface area contributed by atoms with Gasteiger partial charge in [0.1, 0.15) is 5.69 Å². The van der Waals surface area contributed by atoms with Gasteiger partial charge >= 0.3 is 5.97 Å². The Hall–Kier alpha value is -2.11. The fraction of sp³-hybridized carbons (Fsp3) is 0.417. The molecule has 0 amide bonds. The highest BCUT2D eigenvalue weighted by molar-refractivity contribution is 5.71. The standard InChI is InChI=1S/C12H16N2O4/c1-8-4-5-10(14(17)18)11(6-8)13(3)7-9(2)12(15)16/h4-6,9H,7H2,1-3H3,(H,15,16). The van der Waals surface area contributed by atoms with Crippen LogP contribution < -0.4 is 4.90 Å². The molecule has 6 heteroatoms. The highest BCUT2D eigenvalue weighted by Crippen LogP contribution is 2.28. The van der Waals surface area contributed by atoms with Crippen LogP contribution in [0.3, 0.4) is 0 Å². The van der Waals surface area contributed by atoms with Crippen molar-refractivity contribution in [1.82, 2.24) is 0 Å². The molecule has 0 fully saturated rings. The number of carboxylic acids is 1. The molecule has 0 aliphatic carbocycles. The third-order valence-electron chi connectivity index (χ3n) is 2.71. The summed E-state index contributed by atoms with van der Waals surface area (Å²) in [5.41, 5.74) is 1.32. The number of aryl methyl sites for hydroxylation is 1. The Morgan fingerprint density at radius 3 is 2.67 bits per heavy atom. The number of nitro benzene ring substituents is 1. The molecule has 0 bridgehead atoms. The molecular weight excluding hydrogens is 236 g/mol. The average Bonchev–Trinajstić information content (AvgIpc) is 2.28. The first kappa shape index (κ1) is 14.0.